The Morgan fingerprint density at radius 2 is 1.78 bits per heavy atom. The summed E-state index contributed by atoms with van der Waals surface area (Å²) in [6, 6.07) is 6.59. The van der Waals surface area contributed by atoms with Crippen molar-refractivity contribution in [2.45, 2.75) is 31.8 Å². The number of ether oxygens (including phenoxy) is 1. The number of nitrogens with zero attached hydrogens (tertiary/aromatic N) is 4. The molecular formula is C18H22N4O. The van der Waals surface area contributed by atoms with Crippen LogP contribution in [0.2, 0.25) is 0 Å². The number of rotatable bonds is 4. The second kappa shape index (κ2) is 6.62. The molecular weight excluding hydrogens is 288 g/mol. The molecule has 0 spiro atoms. The van der Waals surface area contributed by atoms with E-state index in [0.717, 1.165) is 38.3 Å². The standard InChI is InChI=1S/C18H22N4O/c1-3-15-11-14(12-17(15)19-6-1)13-22-9-4-16(5-10-22)23-18-20-7-2-8-21-18/h1-3,6-8,14,16H,4-5,9-13H2. The minimum atomic E-state index is 0.246. The lowest BCUT2D eigenvalue weighted by Gasteiger charge is -2.33. The minimum Gasteiger partial charge on any atom is -0.460 e. The van der Waals surface area contributed by atoms with Crippen LogP contribution < -0.4 is 4.74 Å². The first kappa shape index (κ1) is 14.6. The molecule has 0 saturated carbocycles. The van der Waals surface area contributed by atoms with Crippen molar-refractivity contribution < 1.29 is 4.74 Å². The average Bonchev–Trinajstić information content (AvgIpc) is 3.00. The van der Waals surface area contributed by atoms with E-state index in [1.807, 2.05) is 12.3 Å². The fraction of sp³-hybridized carbons (Fsp3) is 0.500. The van der Waals surface area contributed by atoms with Crippen molar-refractivity contribution in [3.05, 3.63) is 48.0 Å². The van der Waals surface area contributed by atoms with Gasteiger partial charge in [0.05, 0.1) is 0 Å². The number of fused-ring (bicyclic) bond motifs is 1. The van der Waals surface area contributed by atoms with Gasteiger partial charge in [0.25, 0.3) is 0 Å². The molecule has 1 atom stereocenters. The Morgan fingerprint density at radius 3 is 2.57 bits per heavy atom. The largest absolute Gasteiger partial charge is 0.460 e. The summed E-state index contributed by atoms with van der Waals surface area (Å²) in [5, 5.41) is 0. The number of pyridine rings is 1. The fourth-order valence-electron chi connectivity index (χ4n) is 3.70. The van der Waals surface area contributed by atoms with Gasteiger partial charge in [0.1, 0.15) is 6.10 Å². The van der Waals surface area contributed by atoms with Gasteiger partial charge < -0.3 is 9.64 Å². The molecule has 1 aliphatic carbocycles. The van der Waals surface area contributed by atoms with Crippen LogP contribution in [0.1, 0.15) is 24.1 Å². The van der Waals surface area contributed by atoms with E-state index in [1.54, 1.807) is 12.4 Å². The molecule has 5 nitrogen and oxygen atoms in total. The molecule has 0 amide bonds. The molecule has 2 aromatic heterocycles. The van der Waals surface area contributed by atoms with Crippen LogP contribution >= 0.6 is 0 Å². The molecule has 0 radical (unpaired) electrons. The molecule has 23 heavy (non-hydrogen) atoms. The van der Waals surface area contributed by atoms with Crippen LogP contribution in [-0.2, 0) is 12.8 Å². The first-order valence-electron chi connectivity index (χ1n) is 8.45. The molecule has 0 aromatic carbocycles. The number of aromatic nitrogens is 3. The maximum Gasteiger partial charge on any atom is 0.316 e. The van der Waals surface area contributed by atoms with Crippen molar-refractivity contribution in [3.63, 3.8) is 0 Å². The quantitative estimate of drug-likeness (QED) is 0.866. The van der Waals surface area contributed by atoms with Gasteiger partial charge in [-0.2, -0.15) is 0 Å². The molecule has 0 N–H and O–H groups in total. The molecule has 1 unspecified atom stereocenters. The van der Waals surface area contributed by atoms with Crippen molar-refractivity contribution in [2.24, 2.45) is 5.92 Å². The number of piperidine rings is 1. The van der Waals surface area contributed by atoms with E-state index < -0.39 is 0 Å². The van der Waals surface area contributed by atoms with E-state index in [0.29, 0.717) is 6.01 Å². The van der Waals surface area contributed by atoms with Gasteiger partial charge in [0.2, 0.25) is 0 Å². The zero-order valence-electron chi connectivity index (χ0n) is 13.3. The predicted molar refractivity (Wildman–Crippen MR) is 87.3 cm³/mol. The van der Waals surface area contributed by atoms with Gasteiger partial charge in [-0.1, -0.05) is 6.07 Å². The number of likely N-dealkylation sites (tertiary alicyclic amines) is 1. The maximum absolute atomic E-state index is 5.87. The summed E-state index contributed by atoms with van der Waals surface area (Å²) >= 11 is 0. The van der Waals surface area contributed by atoms with Crippen LogP contribution in [0.25, 0.3) is 0 Å². The Hall–Kier alpha value is -2.01. The monoisotopic (exact) mass is 310 g/mol. The van der Waals surface area contributed by atoms with Crippen LogP contribution in [0.3, 0.4) is 0 Å². The van der Waals surface area contributed by atoms with E-state index in [9.17, 15) is 0 Å². The van der Waals surface area contributed by atoms with Gasteiger partial charge in [-0.15, -0.1) is 0 Å². The Morgan fingerprint density at radius 1 is 1.00 bits per heavy atom. The van der Waals surface area contributed by atoms with E-state index in [2.05, 4.69) is 32.0 Å². The lowest BCUT2D eigenvalue weighted by Crippen LogP contribution is -2.41. The Balaban J connectivity index is 1.25. The normalized spacial score (nSPS) is 22.0. The Labute approximate surface area is 136 Å². The summed E-state index contributed by atoms with van der Waals surface area (Å²) in [5.74, 6) is 0.717. The second-order valence-electron chi connectivity index (χ2n) is 6.53. The molecule has 2 aromatic rings. The average molecular weight is 310 g/mol. The van der Waals surface area contributed by atoms with Crippen molar-refractivity contribution in [1.82, 2.24) is 19.9 Å². The fourth-order valence-corrected chi connectivity index (χ4v) is 3.70. The SMILES string of the molecule is c1cnc(OC2CCN(CC3Cc4cccnc4C3)CC2)nc1. The molecule has 3 heterocycles. The molecule has 5 heteroatoms. The molecule has 4 rings (SSSR count). The van der Waals surface area contributed by atoms with Gasteiger partial charge in [0, 0.05) is 43.9 Å². The maximum atomic E-state index is 5.87. The van der Waals surface area contributed by atoms with Crippen molar-refractivity contribution in [1.29, 1.82) is 0 Å². The second-order valence-corrected chi connectivity index (χ2v) is 6.53. The van der Waals surface area contributed by atoms with Gasteiger partial charge in [-0.25, -0.2) is 9.97 Å². The van der Waals surface area contributed by atoms with Crippen LogP contribution in [0.15, 0.2) is 36.8 Å². The van der Waals surface area contributed by atoms with E-state index in [1.165, 1.54) is 24.2 Å². The molecule has 1 aliphatic heterocycles. The summed E-state index contributed by atoms with van der Waals surface area (Å²) in [6.45, 7) is 3.36. The first-order valence-corrected chi connectivity index (χ1v) is 8.45. The summed E-state index contributed by atoms with van der Waals surface area (Å²) in [4.78, 5) is 15.4. The lowest BCUT2D eigenvalue weighted by molar-refractivity contribution is 0.0849. The van der Waals surface area contributed by atoms with Crippen LogP contribution in [-0.4, -0.2) is 45.6 Å². The third kappa shape index (κ3) is 3.50. The van der Waals surface area contributed by atoms with Gasteiger partial charge >= 0.3 is 6.01 Å². The van der Waals surface area contributed by atoms with Gasteiger partial charge in [0.15, 0.2) is 0 Å². The summed E-state index contributed by atoms with van der Waals surface area (Å²) in [6.07, 6.45) is 10.0. The van der Waals surface area contributed by atoms with E-state index in [-0.39, 0.29) is 6.10 Å². The Kier molecular flexibility index (Phi) is 4.20. The highest BCUT2D eigenvalue weighted by atomic mass is 16.5. The highest BCUT2D eigenvalue weighted by Crippen LogP contribution is 2.26. The molecule has 0 bridgehead atoms. The molecule has 120 valence electrons. The van der Waals surface area contributed by atoms with Crippen LogP contribution in [0, 0.1) is 5.92 Å². The van der Waals surface area contributed by atoms with Crippen LogP contribution in [0.5, 0.6) is 6.01 Å². The van der Waals surface area contributed by atoms with Crippen molar-refractivity contribution in [3.8, 4) is 6.01 Å². The molecule has 1 saturated heterocycles. The zero-order chi connectivity index (χ0) is 15.5. The number of hydrogen-bond acceptors (Lipinski definition) is 5. The smallest absolute Gasteiger partial charge is 0.316 e. The highest BCUT2D eigenvalue weighted by molar-refractivity contribution is 5.25. The highest BCUT2D eigenvalue weighted by Gasteiger charge is 2.27. The minimum absolute atomic E-state index is 0.246. The van der Waals surface area contributed by atoms with Crippen molar-refractivity contribution >= 4 is 0 Å². The lowest BCUT2D eigenvalue weighted by atomic mass is 10.0. The summed E-state index contributed by atoms with van der Waals surface area (Å²) < 4.78 is 5.87. The van der Waals surface area contributed by atoms with Crippen molar-refractivity contribution in [2.75, 3.05) is 19.6 Å². The van der Waals surface area contributed by atoms with Gasteiger partial charge in [-0.3, -0.25) is 4.98 Å². The summed E-state index contributed by atoms with van der Waals surface area (Å²) in [5.41, 5.74) is 2.74. The predicted octanol–water partition coefficient (Wildman–Crippen LogP) is 2.13. The topological polar surface area (TPSA) is 51.1 Å². The van der Waals surface area contributed by atoms with E-state index >= 15 is 0 Å². The molecule has 1 fully saturated rings. The Bertz CT molecular complexity index is 615. The zero-order valence-corrected chi connectivity index (χ0v) is 13.3. The van der Waals surface area contributed by atoms with E-state index in [4.69, 9.17) is 4.74 Å². The first-order chi connectivity index (χ1) is 11.4. The van der Waals surface area contributed by atoms with Crippen LogP contribution in [0.4, 0.5) is 0 Å². The number of hydrogen-bond donors (Lipinski definition) is 0. The molecule has 2 aliphatic rings. The third-order valence-electron chi connectivity index (χ3n) is 4.84. The summed E-state index contributed by atoms with van der Waals surface area (Å²) in [7, 11) is 0. The van der Waals surface area contributed by atoms with Gasteiger partial charge in [-0.05, 0) is 49.3 Å². The third-order valence-corrected chi connectivity index (χ3v) is 4.84.